The van der Waals surface area contributed by atoms with Crippen LogP contribution in [0, 0.1) is 11.8 Å². The first-order valence-corrected chi connectivity index (χ1v) is 50.0. The fraction of sp³-hybridized carbons (Fsp3) is 0.956. The Hall–Kier alpha value is -1.94. The van der Waals surface area contributed by atoms with Gasteiger partial charge in [0.25, 0.3) is 0 Å². The molecule has 0 aliphatic heterocycles. The molecule has 0 heterocycles. The maximum Gasteiger partial charge on any atom is 0.472 e. The topological polar surface area (TPSA) is 237 Å². The molecule has 0 rings (SSSR count). The van der Waals surface area contributed by atoms with Gasteiger partial charge in [-0.2, -0.15) is 0 Å². The van der Waals surface area contributed by atoms with Gasteiger partial charge in [0.2, 0.25) is 0 Å². The number of rotatable bonds is 90. The Morgan fingerprint density at radius 2 is 0.464 bits per heavy atom. The van der Waals surface area contributed by atoms with E-state index in [0.29, 0.717) is 25.7 Å². The van der Waals surface area contributed by atoms with Gasteiger partial charge in [-0.25, -0.2) is 9.13 Å². The normalized spacial score (nSPS) is 14.0. The highest BCUT2D eigenvalue weighted by Gasteiger charge is 2.31. The van der Waals surface area contributed by atoms with Gasteiger partial charge in [-0.1, -0.05) is 440 Å². The van der Waals surface area contributed by atoms with Crippen molar-refractivity contribution in [2.75, 3.05) is 39.6 Å². The molecular formula is C91H178O17P2. The van der Waals surface area contributed by atoms with E-state index < -0.39 is 97.5 Å². The van der Waals surface area contributed by atoms with Crippen LogP contribution in [-0.4, -0.2) is 96.7 Å². The standard InChI is InChI=1S/C91H178O17P2/c1-7-10-12-14-16-18-20-21-22-23-24-25-26-27-31-34-39-44-50-56-62-68-74-89(94)102-80-87(108-90(95)75-69-63-57-51-45-40-35-32-29-28-30-33-38-43-48-54-60-66-72-84(6)9-3)82-106-110(99,100)104-78-85(92)77-103-109(97,98)105-81-86(79-101-88(93)73-67-61-55-49-19-17-15-13-11-8-2)107-91(96)76-70-64-58-52-46-41-36-37-42-47-53-59-65-71-83(4)5/h83-87,92H,7-82H2,1-6H3,(H,97,98)(H,99,100)/t84?,85-,86+,87+/m0/s1. The fourth-order valence-electron chi connectivity index (χ4n) is 14.3. The van der Waals surface area contributed by atoms with Crippen molar-refractivity contribution in [2.24, 2.45) is 11.8 Å². The predicted octanol–water partition coefficient (Wildman–Crippen LogP) is 28.2. The number of hydrogen-bond acceptors (Lipinski definition) is 15. The third kappa shape index (κ3) is 82.6. The Labute approximate surface area is 677 Å². The molecule has 654 valence electrons. The molecule has 0 radical (unpaired) electrons. The van der Waals surface area contributed by atoms with Crippen molar-refractivity contribution in [3.63, 3.8) is 0 Å². The van der Waals surface area contributed by atoms with Crippen LogP contribution in [0.4, 0.5) is 0 Å². The third-order valence-corrected chi connectivity index (χ3v) is 23.7. The quantitative estimate of drug-likeness (QED) is 0.0222. The number of ether oxygens (including phenoxy) is 4. The van der Waals surface area contributed by atoms with Crippen LogP contribution in [0.15, 0.2) is 0 Å². The lowest BCUT2D eigenvalue weighted by Crippen LogP contribution is -2.30. The van der Waals surface area contributed by atoms with Gasteiger partial charge in [-0.05, 0) is 37.5 Å². The first-order valence-electron chi connectivity index (χ1n) is 47.0. The second-order valence-electron chi connectivity index (χ2n) is 33.4. The van der Waals surface area contributed by atoms with Gasteiger partial charge >= 0.3 is 39.5 Å². The van der Waals surface area contributed by atoms with E-state index in [1.807, 2.05) is 0 Å². The van der Waals surface area contributed by atoms with Crippen LogP contribution in [0.3, 0.4) is 0 Å². The van der Waals surface area contributed by atoms with Crippen LogP contribution in [0.2, 0.25) is 0 Å². The first-order chi connectivity index (χ1) is 53.4. The molecular weight excluding hydrogens is 1430 g/mol. The van der Waals surface area contributed by atoms with Gasteiger partial charge < -0.3 is 33.8 Å². The molecule has 0 aliphatic rings. The molecule has 3 N–H and O–H groups in total. The monoisotopic (exact) mass is 1610 g/mol. The molecule has 0 fully saturated rings. The van der Waals surface area contributed by atoms with Crippen LogP contribution in [0.1, 0.15) is 491 Å². The summed E-state index contributed by atoms with van der Waals surface area (Å²) in [4.78, 5) is 73.3. The Bertz CT molecular complexity index is 2100. The van der Waals surface area contributed by atoms with Crippen LogP contribution in [0.5, 0.6) is 0 Å². The molecule has 0 amide bonds. The summed E-state index contributed by atoms with van der Waals surface area (Å²) in [6.45, 7) is 9.77. The lowest BCUT2D eigenvalue weighted by Gasteiger charge is -2.21. The van der Waals surface area contributed by atoms with Crippen molar-refractivity contribution in [2.45, 2.75) is 509 Å². The highest BCUT2D eigenvalue weighted by Crippen LogP contribution is 2.45. The Morgan fingerprint density at radius 3 is 0.691 bits per heavy atom. The van der Waals surface area contributed by atoms with Crippen molar-refractivity contribution >= 4 is 39.5 Å². The Morgan fingerprint density at radius 1 is 0.264 bits per heavy atom. The predicted molar refractivity (Wildman–Crippen MR) is 455 cm³/mol. The van der Waals surface area contributed by atoms with Crippen LogP contribution < -0.4 is 0 Å². The van der Waals surface area contributed by atoms with Gasteiger partial charge in [-0.15, -0.1) is 0 Å². The lowest BCUT2D eigenvalue weighted by molar-refractivity contribution is -0.161. The van der Waals surface area contributed by atoms with Gasteiger partial charge in [0, 0.05) is 25.7 Å². The van der Waals surface area contributed by atoms with E-state index in [1.54, 1.807) is 0 Å². The van der Waals surface area contributed by atoms with E-state index in [9.17, 15) is 43.2 Å². The second-order valence-corrected chi connectivity index (χ2v) is 36.3. The summed E-state index contributed by atoms with van der Waals surface area (Å²) < 4.78 is 69.0. The van der Waals surface area contributed by atoms with Crippen molar-refractivity contribution < 1.29 is 80.2 Å². The largest absolute Gasteiger partial charge is 0.472 e. The molecule has 0 aromatic heterocycles. The van der Waals surface area contributed by atoms with Crippen molar-refractivity contribution in [1.29, 1.82) is 0 Å². The maximum absolute atomic E-state index is 13.2. The van der Waals surface area contributed by atoms with Gasteiger partial charge in [0.05, 0.1) is 26.4 Å². The zero-order chi connectivity index (χ0) is 80.6. The SMILES string of the molecule is CCCCCCCCCCCCCCCCCCCCCCCCC(=O)OC[C@H](COP(=O)(O)OC[C@@H](O)COP(=O)(O)OC[C@@H](COC(=O)CCCCCCCCCCCC)OC(=O)CCCCCCCCCCCCCCCC(C)C)OC(=O)CCCCCCCCCCCCCCCCCCCCC(C)CC. The van der Waals surface area contributed by atoms with Gasteiger partial charge in [0.1, 0.15) is 19.3 Å². The summed E-state index contributed by atoms with van der Waals surface area (Å²) in [5.74, 6) is -0.440. The van der Waals surface area contributed by atoms with E-state index in [1.165, 1.54) is 308 Å². The number of carbonyl (C=O) groups excluding carboxylic acids is 4. The summed E-state index contributed by atoms with van der Waals surface area (Å²) in [7, 11) is -9.93. The molecule has 0 saturated carbocycles. The minimum Gasteiger partial charge on any atom is -0.462 e. The van der Waals surface area contributed by atoms with E-state index in [-0.39, 0.29) is 25.7 Å². The van der Waals surface area contributed by atoms with E-state index in [0.717, 1.165) is 102 Å². The molecule has 110 heavy (non-hydrogen) atoms. The lowest BCUT2D eigenvalue weighted by atomic mass is 9.99. The first kappa shape index (κ1) is 108. The average Bonchev–Trinajstić information content (AvgIpc) is 0.897. The molecule has 0 aromatic rings. The number of aliphatic hydroxyl groups excluding tert-OH is 1. The number of phosphoric ester groups is 2. The smallest absolute Gasteiger partial charge is 0.462 e. The minimum absolute atomic E-state index is 0.108. The van der Waals surface area contributed by atoms with Crippen molar-refractivity contribution in [3.05, 3.63) is 0 Å². The average molecular weight is 1610 g/mol. The second kappa shape index (κ2) is 82.2. The van der Waals surface area contributed by atoms with Crippen molar-refractivity contribution in [3.8, 4) is 0 Å². The highest BCUT2D eigenvalue weighted by molar-refractivity contribution is 7.47. The Kier molecular flexibility index (Phi) is 80.7. The fourth-order valence-corrected chi connectivity index (χ4v) is 15.9. The summed E-state index contributed by atoms with van der Waals surface area (Å²) in [6, 6.07) is 0. The number of esters is 4. The minimum atomic E-state index is -4.97. The molecule has 0 aliphatic carbocycles. The van der Waals surface area contributed by atoms with Crippen molar-refractivity contribution in [1.82, 2.24) is 0 Å². The number of phosphoric acid groups is 2. The Balaban J connectivity index is 5.21. The number of aliphatic hydroxyl groups is 1. The van der Waals surface area contributed by atoms with Gasteiger partial charge in [-0.3, -0.25) is 37.3 Å². The van der Waals surface area contributed by atoms with E-state index >= 15 is 0 Å². The van der Waals surface area contributed by atoms with Crippen LogP contribution >= 0.6 is 15.6 Å². The molecule has 0 bridgehead atoms. The van der Waals surface area contributed by atoms with E-state index in [4.69, 9.17) is 37.0 Å². The zero-order valence-corrected chi connectivity index (χ0v) is 74.4. The molecule has 19 heteroatoms. The molecule has 17 nitrogen and oxygen atoms in total. The van der Waals surface area contributed by atoms with Crippen LogP contribution in [0.25, 0.3) is 0 Å². The maximum atomic E-state index is 13.2. The van der Waals surface area contributed by atoms with Gasteiger partial charge in [0.15, 0.2) is 12.2 Å². The summed E-state index contributed by atoms with van der Waals surface area (Å²) in [5.41, 5.74) is 0. The number of hydrogen-bond donors (Lipinski definition) is 3. The van der Waals surface area contributed by atoms with E-state index in [2.05, 4.69) is 41.5 Å². The number of unbranched alkanes of at least 4 members (excludes halogenated alkanes) is 59. The zero-order valence-electron chi connectivity index (χ0n) is 72.6. The number of carbonyl (C=O) groups is 4. The molecule has 6 atom stereocenters. The summed E-state index contributed by atoms with van der Waals surface area (Å²) in [5, 5.41) is 10.7. The van der Waals surface area contributed by atoms with Crippen LogP contribution in [-0.2, 0) is 65.4 Å². The third-order valence-electron chi connectivity index (χ3n) is 21.8. The highest BCUT2D eigenvalue weighted by atomic mass is 31.2. The molecule has 3 unspecified atom stereocenters. The molecule has 0 aromatic carbocycles. The summed E-state index contributed by atoms with van der Waals surface area (Å²) in [6.07, 6.45) is 76.5. The summed E-state index contributed by atoms with van der Waals surface area (Å²) >= 11 is 0. The molecule has 0 spiro atoms. The molecule has 0 saturated heterocycles.